The number of fused-ring (bicyclic) bond motifs is 1. The molecule has 6 heteroatoms. The molecule has 2 aliphatic heterocycles. The Morgan fingerprint density at radius 2 is 1.77 bits per heavy atom. The van der Waals surface area contributed by atoms with Crippen LogP contribution < -0.4 is 15.0 Å². The zero-order valence-electron chi connectivity index (χ0n) is 16.3. The molecule has 2 N–H and O–H groups in total. The van der Waals surface area contributed by atoms with Crippen LogP contribution in [0.5, 0.6) is 5.75 Å². The summed E-state index contributed by atoms with van der Waals surface area (Å²) in [5.41, 5.74) is 3.19. The normalized spacial score (nSPS) is 20.3. The Morgan fingerprint density at radius 1 is 1.00 bits per heavy atom. The molecule has 0 bridgehead atoms. The molecular formula is C24H19N3O2S. The lowest BCUT2D eigenvalue weighted by molar-refractivity contribution is -0.117. The number of nitrogens with zero attached hydrogens (tertiary/aromatic N) is 1. The second kappa shape index (κ2) is 7.39. The highest BCUT2D eigenvalue weighted by molar-refractivity contribution is 8.03. The van der Waals surface area contributed by atoms with Crippen LogP contribution in [0.2, 0.25) is 0 Å². The summed E-state index contributed by atoms with van der Waals surface area (Å²) in [6, 6.07) is 24.9. The number of hydrogen-bond acceptors (Lipinski definition) is 5. The van der Waals surface area contributed by atoms with Crippen molar-refractivity contribution in [1.29, 1.82) is 5.41 Å². The smallest absolute Gasteiger partial charge is 0.244 e. The molecule has 2 heterocycles. The van der Waals surface area contributed by atoms with Crippen LogP contribution in [0.3, 0.4) is 0 Å². The van der Waals surface area contributed by atoms with Gasteiger partial charge < -0.3 is 10.1 Å². The van der Waals surface area contributed by atoms with Crippen molar-refractivity contribution >= 4 is 34.9 Å². The lowest BCUT2D eigenvalue weighted by Gasteiger charge is -2.17. The van der Waals surface area contributed by atoms with Gasteiger partial charge in [-0.1, -0.05) is 60.3 Å². The Hall–Kier alpha value is -3.51. The summed E-state index contributed by atoms with van der Waals surface area (Å²) in [6.45, 7) is 0. The molecule has 1 saturated heterocycles. The van der Waals surface area contributed by atoms with Crippen LogP contribution in [-0.2, 0) is 4.79 Å². The van der Waals surface area contributed by atoms with Gasteiger partial charge in [-0.15, -0.1) is 0 Å². The Morgan fingerprint density at radius 3 is 2.53 bits per heavy atom. The Balaban J connectivity index is 1.65. The molecule has 0 saturated carbocycles. The number of hydrogen-bond donors (Lipinski definition) is 2. The van der Waals surface area contributed by atoms with Crippen LogP contribution in [0, 0.1) is 5.41 Å². The molecule has 0 aliphatic carbocycles. The molecule has 2 aliphatic rings. The van der Waals surface area contributed by atoms with Gasteiger partial charge in [0.2, 0.25) is 5.91 Å². The highest BCUT2D eigenvalue weighted by atomic mass is 32.2. The zero-order chi connectivity index (χ0) is 20.7. The summed E-state index contributed by atoms with van der Waals surface area (Å²) < 4.78 is 5.33. The molecule has 0 aromatic heterocycles. The number of anilines is 2. The first kappa shape index (κ1) is 18.5. The number of para-hydroxylation sites is 1. The van der Waals surface area contributed by atoms with Crippen molar-refractivity contribution in [2.24, 2.45) is 0 Å². The standard InChI is InChI=1S/C24H19N3O2S/c1-29-17-11-7-10-16(14-17)27-22(25)21(20(24(27)28)15-8-3-2-4-9-15)23-26-18-12-5-6-13-19(18)30-23/h2-14,20,25-26H,1H3/t20-/m1/s1. The number of carbonyl (C=O) groups excluding carboxylic acids is 1. The van der Waals surface area contributed by atoms with Gasteiger partial charge in [-0.3, -0.25) is 15.1 Å². The molecule has 5 rings (SSSR count). The molecule has 30 heavy (non-hydrogen) atoms. The maximum Gasteiger partial charge on any atom is 0.244 e. The van der Waals surface area contributed by atoms with Crippen LogP contribution in [0.25, 0.3) is 0 Å². The monoisotopic (exact) mass is 413 g/mol. The average molecular weight is 414 g/mol. The number of benzene rings is 3. The summed E-state index contributed by atoms with van der Waals surface area (Å²) in [4.78, 5) is 16.2. The molecule has 0 spiro atoms. The third-order valence-corrected chi connectivity index (χ3v) is 6.37. The van der Waals surface area contributed by atoms with E-state index in [4.69, 9.17) is 10.1 Å². The van der Waals surface area contributed by atoms with Crippen molar-refractivity contribution in [2.75, 3.05) is 17.3 Å². The van der Waals surface area contributed by atoms with Crippen LogP contribution in [0.15, 0.2) is 94.4 Å². The third-order valence-electron chi connectivity index (χ3n) is 5.27. The molecule has 0 unspecified atom stereocenters. The minimum absolute atomic E-state index is 0.139. The predicted molar refractivity (Wildman–Crippen MR) is 120 cm³/mol. The van der Waals surface area contributed by atoms with E-state index in [0.29, 0.717) is 17.0 Å². The van der Waals surface area contributed by atoms with Crippen molar-refractivity contribution in [3.8, 4) is 5.75 Å². The molecule has 3 aromatic carbocycles. The average Bonchev–Trinajstić information content (AvgIpc) is 3.32. The molecule has 148 valence electrons. The van der Waals surface area contributed by atoms with Crippen molar-refractivity contribution in [2.45, 2.75) is 10.8 Å². The molecule has 1 atom stereocenters. The van der Waals surface area contributed by atoms with Gasteiger partial charge in [0.1, 0.15) is 11.6 Å². The third kappa shape index (κ3) is 2.97. The first-order chi connectivity index (χ1) is 14.7. The van der Waals surface area contributed by atoms with Crippen molar-refractivity contribution < 1.29 is 9.53 Å². The number of amidine groups is 1. The molecular weight excluding hydrogens is 394 g/mol. The van der Waals surface area contributed by atoms with E-state index in [9.17, 15) is 4.79 Å². The second-order valence-electron chi connectivity index (χ2n) is 7.03. The maximum absolute atomic E-state index is 13.6. The van der Waals surface area contributed by atoms with E-state index in [1.807, 2.05) is 72.8 Å². The second-order valence-corrected chi connectivity index (χ2v) is 8.09. The SMILES string of the molecule is COc1cccc(N2C(=N)C(=C3Nc4ccccc4S3)[C@@H](c3ccccc3)C2=O)c1. The fourth-order valence-electron chi connectivity index (χ4n) is 3.86. The number of methoxy groups -OCH3 is 1. The van der Waals surface area contributed by atoms with E-state index in [1.54, 1.807) is 24.9 Å². The fraction of sp³-hybridized carbons (Fsp3) is 0.0833. The van der Waals surface area contributed by atoms with Gasteiger partial charge in [-0.05, 0) is 29.8 Å². The molecule has 1 fully saturated rings. The summed E-state index contributed by atoms with van der Waals surface area (Å²) in [7, 11) is 1.59. The van der Waals surface area contributed by atoms with Crippen molar-refractivity contribution in [1.82, 2.24) is 0 Å². The van der Waals surface area contributed by atoms with Crippen LogP contribution >= 0.6 is 11.8 Å². The van der Waals surface area contributed by atoms with E-state index in [1.165, 1.54) is 4.90 Å². The minimum atomic E-state index is -0.547. The van der Waals surface area contributed by atoms with E-state index >= 15 is 0 Å². The summed E-state index contributed by atoms with van der Waals surface area (Å²) in [6.07, 6.45) is 0. The number of carbonyl (C=O) groups is 1. The van der Waals surface area contributed by atoms with Gasteiger partial charge in [0.25, 0.3) is 0 Å². The van der Waals surface area contributed by atoms with E-state index in [-0.39, 0.29) is 11.7 Å². The zero-order valence-corrected chi connectivity index (χ0v) is 17.1. The number of thioether (sulfide) groups is 1. The van der Waals surface area contributed by atoms with Gasteiger partial charge in [0.15, 0.2) is 0 Å². The van der Waals surface area contributed by atoms with Crippen molar-refractivity contribution in [3.05, 3.63) is 95.0 Å². The minimum Gasteiger partial charge on any atom is -0.497 e. The highest BCUT2D eigenvalue weighted by Gasteiger charge is 2.45. The summed E-state index contributed by atoms with van der Waals surface area (Å²) in [5.74, 6) is 0.144. The number of ether oxygens (including phenoxy) is 1. The fourth-order valence-corrected chi connectivity index (χ4v) is 4.94. The van der Waals surface area contributed by atoms with Crippen LogP contribution in [0.1, 0.15) is 11.5 Å². The van der Waals surface area contributed by atoms with Gasteiger partial charge >= 0.3 is 0 Å². The maximum atomic E-state index is 13.6. The number of rotatable bonds is 3. The van der Waals surface area contributed by atoms with Gasteiger partial charge in [-0.2, -0.15) is 0 Å². The molecule has 1 amide bonds. The first-order valence-corrected chi connectivity index (χ1v) is 10.4. The van der Waals surface area contributed by atoms with E-state index in [0.717, 1.165) is 21.2 Å². The van der Waals surface area contributed by atoms with Gasteiger partial charge in [0, 0.05) is 16.5 Å². The van der Waals surface area contributed by atoms with Crippen molar-refractivity contribution in [3.63, 3.8) is 0 Å². The van der Waals surface area contributed by atoms with Gasteiger partial charge in [-0.25, -0.2) is 0 Å². The van der Waals surface area contributed by atoms with E-state index < -0.39 is 5.92 Å². The number of amides is 1. The quantitative estimate of drug-likeness (QED) is 0.617. The van der Waals surface area contributed by atoms with Gasteiger partial charge in [0.05, 0.1) is 29.4 Å². The summed E-state index contributed by atoms with van der Waals surface area (Å²) in [5, 5.41) is 13.2. The molecule has 3 aromatic rings. The molecule has 5 nitrogen and oxygen atoms in total. The molecule has 0 radical (unpaired) electrons. The summed E-state index contributed by atoms with van der Waals surface area (Å²) >= 11 is 1.57. The Kier molecular flexibility index (Phi) is 4.56. The first-order valence-electron chi connectivity index (χ1n) is 9.57. The highest BCUT2D eigenvalue weighted by Crippen LogP contribution is 2.48. The topological polar surface area (TPSA) is 65.4 Å². The lowest BCUT2D eigenvalue weighted by Crippen LogP contribution is -2.29. The Labute approximate surface area is 178 Å². The van der Waals surface area contributed by atoms with Crippen LogP contribution in [-0.4, -0.2) is 18.9 Å². The largest absolute Gasteiger partial charge is 0.497 e. The predicted octanol–water partition coefficient (Wildman–Crippen LogP) is 5.23. The van der Waals surface area contributed by atoms with E-state index in [2.05, 4.69) is 5.32 Å². The van der Waals surface area contributed by atoms with Crippen LogP contribution in [0.4, 0.5) is 11.4 Å². The lowest BCUT2D eigenvalue weighted by atomic mass is 9.93. The number of nitrogens with one attached hydrogen (secondary N) is 2. The Bertz CT molecular complexity index is 1160.